The molecule has 0 radical (unpaired) electrons. The fraction of sp³-hybridized carbons (Fsp3) is 0.600. The molecular weight excluding hydrogens is 284 g/mol. The molecule has 0 amide bonds. The van der Waals surface area contributed by atoms with Gasteiger partial charge in [-0.2, -0.15) is 0 Å². The van der Waals surface area contributed by atoms with Crippen LogP contribution in [0.15, 0.2) is 15.9 Å². The second kappa shape index (κ2) is 4.47. The molecule has 0 saturated carbocycles. The van der Waals surface area contributed by atoms with Crippen LogP contribution in [0.5, 0.6) is 0 Å². The summed E-state index contributed by atoms with van der Waals surface area (Å²) < 4.78 is 28.8. The van der Waals surface area contributed by atoms with Crippen LogP contribution in [0.1, 0.15) is 17.7 Å². The number of piperidine rings is 1. The zero-order valence-electron chi connectivity index (χ0n) is 8.10. The van der Waals surface area contributed by atoms with E-state index in [1.807, 2.05) is 0 Å². The molecule has 2 rings (SSSR count). The van der Waals surface area contributed by atoms with Gasteiger partial charge in [-0.3, -0.25) is 0 Å². The fourth-order valence-electron chi connectivity index (χ4n) is 1.87. The van der Waals surface area contributed by atoms with Crippen molar-refractivity contribution in [2.24, 2.45) is 5.92 Å². The molecule has 0 atom stereocenters. The van der Waals surface area contributed by atoms with Crippen LogP contribution in [0.4, 0.5) is 8.78 Å². The number of alkyl halides is 2. The molecule has 2 heterocycles. The third-order valence-electron chi connectivity index (χ3n) is 2.75. The number of rotatable bonds is 2. The molecule has 1 aliphatic heterocycles. The van der Waals surface area contributed by atoms with Crippen molar-refractivity contribution < 1.29 is 8.78 Å². The number of hydrogen-bond acceptors (Lipinski definition) is 2. The minimum atomic E-state index is -2.67. The predicted molar refractivity (Wildman–Crippen MR) is 61.5 cm³/mol. The van der Waals surface area contributed by atoms with E-state index < -0.39 is 11.8 Å². The van der Waals surface area contributed by atoms with Gasteiger partial charge in [-0.25, -0.2) is 8.78 Å². The molecule has 15 heavy (non-hydrogen) atoms. The zero-order chi connectivity index (χ0) is 10.9. The second-order valence-corrected chi connectivity index (χ2v) is 5.60. The summed E-state index contributed by atoms with van der Waals surface area (Å²) in [5.74, 6) is -3.18. The molecule has 1 fully saturated rings. The summed E-state index contributed by atoms with van der Waals surface area (Å²) >= 11 is 4.35. The number of nitrogens with one attached hydrogen (secondary N) is 1. The maximum absolute atomic E-state index is 14.0. The molecule has 1 nitrogen and oxygen atoms in total. The average molecular weight is 296 g/mol. The smallest absolute Gasteiger partial charge is 0.285 e. The summed E-state index contributed by atoms with van der Waals surface area (Å²) in [4.78, 5) is 0.182. The third-order valence-corrected chi connectivity index (χ3v) is 4.52. The second-order valence-electron chi connectivity index (χ2n) is 3.78. The van der Waals surface area contributed by atoms with E-state index in [-0.39, 0.29) is 4.88 Å². The first kappa shape index (κ1) is 11.5. The van der Waals surface area contributed by atoms with Crippen LogP contribution in [0, 0.1) is 5.92 Å². The number of hydrogen-bond donors (Lipinski definition) is 1. The van der Waals surface area contributed by atoms with Crippen LogP contribution in [0.2, 0.25) is 0 Å². The Kier molecular flexibility index (Phi) is 3.42. The molecule has 5 heteroatoms. The Balaban J connectivity index is 2.17. The molecule has 0 aliphatic carbocycles. The van der Waals surface area contributed by atoms with Gasteiger partial charge in [-0.15, -0.1) is 11.3 Å². The average Bonchev–Trinajstić information content (AvgIpc) is 2.67. The third kappa shape index (κ3) is 2.40. The van der Waals surface area contributed by atoms with Gasteiger partial charge in [0.1, 0.15) is 0 Å². The molecule has 1 aliphatic rings. The van der Waals surface area contributed by atoms with Crippen molar-refractivity contribution in [2.75, 3.05) is 13.1 Å². The normalized spacial score (nSPS) is 19.4. The van der Waals surface area contributed by atoms with Gasteiger partial charge in [0.15, 0.2) is 0 Å². The van der Waals surface area contributed by atoms with Crippen LogP contribution in [0.25, 0.3) is 0 Å². The van der Waals surface area contributed by atoms with Crippen LogP contribution < -0.4 is 5.32 Å². The number of halogens is 3. The van der Waals surface area contributed by atoms with Crippen molar-refractivity contribution >= 4 is 27.3 Å². The molecule has 0 aromatic carbocycles. The maximum atomic E-state index is 14.0. The Morgan fingerprint density at radius 1 is 1.40 bits per heavy atom. The van der Waals surface area contributed by atoms with Gasteiger partial charge in [0, 0.05) is 15.8 Å². The highest BCUT2D eigenvalue weighted by Gasteiger charge is 2.42. The number of thiophene rings is 1. The highest BCUT2D eigenvalue weighted by molar-refractivity contribution is 9.10. The van der Waals surface area contributed by atoms with E-state index in [9.17, 15) is 8.78 Å². The molecule has 0 unspecified atom stereocenters. The fourth-order valence-corrected chi connectivity index (χ4v) is 3.36. The van der Waals surface area contributed by atoms with Crippen molar-refractivity contribution in [1.29, 1.82) is 0 Å². The largest absolute Gasteiger partial charge is 0.317 e. The summed E-state index contributed by atoms with van der Waals surface area (Å²) in [6.45, 7) is 1.40. The minimum absolute atomic E-state index is 0.182. The van der Waals surface area contributed by atoms with Crippen molar-refractivity contribution in [3.05, 3.63) is 20.8 Å². The monoisotopic (exact) mass is 295 g/mol. The highest BCUT2D eigenvalue weighted by Crippen LogP contribution is 2.43. The van der Waals surface area contributed by atoms with Crippen molar-refractivity contribution in [3.63, 3.8) is 0 Å². The van der Waals surface area contributed by atoms with E-state index in [0.29, 0.717) is 25.9 Å². The lowest BCUT2D eigenvalue weighted by Gasteiger charge is -2.29. The van der Waals surface area contributed by atoms with Gasteiger partial charge in [-0.05, 0) is 47.9 Å². The maximum Gasteiger partial charge on any atom is 0.285 e. The van der Waals surface area contributed by atoms with Crippen LogP contribution in [-0.2, 0) is 5.92 Å². The van der Waals surface area contributed by atoms with Crippen LogP contribution in [0.3, 0.4) is 0 Å². The van der Waals surface area contributed by atoms with Crippen LogP contribution >= 0.6 is 27.3 Å². The lowest BCUT2D eigenvalue weighted by Crippen LogP contribution is -2.36. The molecule has 1 aromatic rings. The van der Waals surface area contributed by atoms with Gasteiger partial charge in [0.2, 0.25) is 0 Å². The van der Waals surface area contributed by atoms with Crippen molar-refractivity contribution in [3.8, 4) is 0 Å². The Bertz CT molecular complexity index is 334. The Labute approximate surface area is 100 Å². The standard InChI is InChI=1S/C10H12BrF2NS/c11-8-5-9(15-6-8)10(12,13)7-1-3-14-4-2-7/h5-7,14H,1-4H2. The van der Waals surface area contributed by atoms with Crippen molar-refractivity contribution in [1.82, 2.24) is 5.32 Å². The zero-order valence-corrected chi connectivity index (χ0v) is 10.5. The Hall–Kier alpha value is -0.0000000000000000486. The van der Waals surface area contributed by atoms with Gasteiger partial charge >= 0.3 is 0 Å². The van der Waals surface area contributed by atoms with E-state index in [4.69, 9.17) is 0 Å². The van der Waals surface area contributed by atoms with E-state index in [0.717, 1.165) is 15.8 Å². The molecule has 84 valence electrons. The molecule has 0 bridgehead atoms. The highest BCUT2D eigenvalue weighted by atomic mass is 79.9. The first-order valence-electron chi connectivity index (χ1n) is 4.94. The molecule has 1 aromatic heterocycles. The van der Waals surface area contributed by atoms with E-state index in [2.05, 4.69) is 21.2 Å². The van der Waals surface area contributed by atoms with Gasteiger partial charge in [0.05, 0.1) is 4.88 Å². The van der Waals surface area contributed by atoms with E-state index in [1.165, 1.54) is 6.07 Å². The molecule has 1 saturated heterocycles. The van der Waals surface area contributed by atoms with E-state index in [1.54, 1.807) is 5.38 Å². The first-order chi connectivity index (χ1) is 7.10. The first-order valence-corrected chi connectivity index (χ1v) is 6.61. The lowest BCUT2D eigenvalue weighted by atomic mass is 9.90. The van der Waals surface area contributed by atoms with Crippen LogP contribution in [-0.4, -0.2) is 13.1 Å². The summed E-state index contributed by atoms with van der Waals surface area (Å²) in [6.07, 6.45) is 1.12. The van der Waals surface area contributed by atoms with E-state index >= 15 is 0 Å². The predicted octanol–water partition coefficient (Wildman–Crippen LogP) is 3.60. The quantitative estimate of drug-likeness (QED) is 0.879. The van der Waals surface area contributed by atoms with Gasteiger partial charge in [0.25, 0.3) is 5.92 Å². The molecule has 0 spiro atoms. The summed E-state index contributed by atoms with van der Waals surface area (Å²) in [5.41, 5.74) is 0. The summed E-state index contributed by atoms with van der Waals surface area (Å²) in [5, 5.41) is 4.82. The SMILES string of the molecule is FC(F)(c1cc(Br)cs1)C1CCNCC1. The lowest BCUT2D eigenvalue weighted by molar-refractivity contribution is -0.0720. The summed E-state index contributed by atoms with van der Waals surface area (Å²) in [6, 6.07) is 1.53. The Morgan fingerprint density at radius 2 is 2.07 bits per heavy atom. The molecule has 1 N–H and O–H groups in total. The topological polar surface area (TPSA) is 12.0 Å². The van der Waals surface area contributed by atoms with Gasteiger partial charge < -0.3 is 5.32 Å². The Morgan fingerprint density at radius 3 is 2.60 bits per heavy atom. The minimum Gasteiger partial charge on any atom is -0.317 e. The molecular formula is C10H12BrF2NS. The summed E-state index contributed by atoms with van der Waals surface area (Å²) in [7, 11) is 0. The van der Waals surface area contributed by atoms with Crippen molar-refractivity contribution in [2.45, 2.75) is 18.8 Å². The van der Waals surface area contributed by atoms with Gasteiger partial charge in [-0.1, -0.05) is 0 Å².